The van der Waals surface area contributed by atoms with Crippen molar-refractivity contribution in [2.45, 2.75) is 32.2 Å². The van der Waals surface area contributed by atoms with Crippen molar-refractivity contribution in [3.8, 4) is 6.07 Å². The van der Waals surface area contributed by atoms with Crippen LogP contribution in [-0.4, -0.2) is 35.7 Å². The van der Waals surface area contributed by atoms with Gasteiger partial charge in [0.2, 0.25) is 0 Å². The zero-order chi connectivity index (χ0) is 9.68. The molecule has 0 spiro atoms. The third kappa shape index (κ3) is 2.68. The largest absolute Gasteiger partial charge is 0.396 e. The number of hydrogen-bond donors (Lipinski definition) is 1. The molecule has 1 heterocycles. The average Bonchev–Trinajstić information content (AvgIpc) is 2.21. The lowest BCUT2D eigenvalue weighted by molar-refractivity contribution is 0.115. The molecule has 0 aromatic carbocycles. The number of nitriles is 1. The van der Waals surface area contributed by atoms with Crippen LogP contribution in [0.2, 0.25) is 0 Å². The van der Waals surface area contributed by atoms with E-state index in [4.69, 9.17) is 10.4 Å². The summed E-state index contributed by atoms with van der Waals surface area (Å²) in [5.74, 6) is 0.465. The number of rotatable bonds is 3. The van der Waals surface area contributed by atoms with Crippen LogP contribution >= 0.6 is 0 Å². The van der Waals surface area contributed by atoms with Crippen molar-refractivity contribution in [2.75, 3.05) is 19.7 Å². The predicted octanol–water partition coefficient (Wildman–Crippen LogP) is 0.993. The smallest absolute Gasteiger partial charge is 0.0975 e. The molecule has 0 saturated carbocycles. The number of hydrogen-bond acceptors (Lipinski definition) is 3. The van der Waals surface area contributed by atoms with Crippen LogP contribution < -0.4 is 0 Å². The molecule has 1 unspecified atom stereocenters. The van der Waals surface area contributed by atoms with Crippen LogP contribution in [-0.2, 0) is 0 Å². The first-order valence-electron chi connectivity index (χ1n) is 5.06. The minimum Gasteiger partial charge on any atom is -0.396 e. The van der Waals surface area contributed by atoms with Crippen LogP contribution in [0.1, 0.15) is 26.2 Å². The van der Waals surface area contributed by atoms with Gasteiger partial charge in [0.05, 0.1) is 12.1 Å². The highest BCUT2D eigenvalue weighted by Gasteiger charge is 2.23. The van der Waals surface area contributed by atoms with Gasteiger partial charge in [0.25, 0.3) is 0 Å². The van der Waals surface area contributed by atoms with E-state index in [1.165, 1.54) is 0 Å². The fraction of sp³-hybridized carbons (Fsp3) is 0.900. The second kappa shape index (κ2) is 5.21. The predicted molar refractivity (Wildman–Crippen MR) is 51.1 cm³/mol. The Morgan fingerprint density at radius 2 is 2.15 bits per heavy atom. The Morgan fingerprint density at radius 1 is 1.54 bits per heavy atom. The average molecular weight is 182 g/mol. The molecule has 1 aliphatic rings. The van der Waals surface area contributed by atoms with Gasteiger partial charge in [-0.15, -0.1) is 0 Å². The van der Waals surface area contributed by atoms with Gasteiger partial charge in [-0.3, -0.25) is 4.90 Å². The fourth-order valence-corrected chi connectivity index (χ4v) is 1.88. The molecule has 1 atom stereocenters. The number of piperidine rings is 1. The zero-order valence-corrected chi connectivity index (χ0v) is 8.24. The first-order valence-corrected chi connectivity index (χ1v) is 5.06. The van der Waals surface area contributed by atoms with Gasteiger partial charge in [0.1, 0.15) is 0 Å². The maximum absolute atomic E-state index is 8.95. The normalized spacial score (nSPS) is 22.5. The molecule has 0 radical (unpaired) electrons. The van der Waals surface area contributed by atoms with Gasteiger partial charge in [-0.05, 0) is 38.3 Å². The molecular formula is C10H18N2O. The molecule has 0 amide bonds. The maximum Gasteiger partial charge on any atom is 0.0975 e. The van der Waals surface area contributed by atoms with E-state index in [2.05, 4.69) is 11.0 Å². The first-order chi connectivity index (χ1) is 6.31. The topological polar surface area (TPSA) is 47.3 Å². The van der Waals surface area contributed by atoms with Gasteiger partial charge in [-0.1, -0.05) is 6.92 Å². The second-order valence-corrected chi connectivity index (χ2v) is 3.72. The zero-order valence-electron chi connectivity index (χ0n) is 8.24. The van der Waals surface area contributed by atoms with Crippen LogP contribution in [0.15, 0.2) is 0 Å². The lowest BCUT2D eigenvalue weighted by atomic mass is 9.96. The Labute approximate surface area is 80.0 Å². The van der Waals surface area contributed by atoms with Gasteiger partial charge >= 0.3 is 0 Å². The van der Waals surface area contributed by atoms with Crippen LogP contribution in [0.5, 0.6) is 0 Å². The molecule has 74 valence electrons. The molecule has 0 aliphatic carbocycles. The molecular weight excluding hydrogens is 164 g/mol. The van der Waals surface area contributed by atoms with E-state index in [1.807, 2.05) is 6.92 Å². The van der Waals surface area contributed by atoms with Gasteiger partial charge in [0, 0.05) is 6.61 Å². The number of aliphatic hydroxyl groups is 1. The summed E-state index contributed by atoms with van der Waals surface area (Å²) in [5.41, 5.74) is 0. The molecule has 3 nitrogen and oxygen atoms in total. The van der Waals surface area contributed by atoms with Gasteiger partial charge in [-0.25, -0.2) is 0 Å². The van der Waals surface area contributed by atoms with Crippen LogP contribution in [0, 0.1) is 17.2 Å². The molecule has 1 rings (SSSR count). The van der Waals surface area contributed by atoms with Crippen LogP contribution in [0.25, 0.3) is 0 Å². The van der Waals surface area contributed by atoms with E-state index in [9.17, 15) is 0 Å². The summed E-state index contributed by atoms with van der Waals surface area (Å²) in [6.07, 6.45) is 2.98. The third-order valence-electron chi connectivity index (χ3n) is 2.88. The molecule has 0 aromatic rings. The lowest BCUT2D eigenvalue weighted by Crippen LogP contribution is -2.41. The standard InChI is InChI=1S/C10H18N2O/c1-2-10(7-11)12-5-3-9(8-13)4-6-12/h9-10,13H,2-6,8H2,1H3. The van der Waals surface area contributed by atoms with Gasteiger partial charge < -0.3 is 5.11 Å². The molecule has 0 bridgehead atoms. The van der Waals surface area contributed by atoms with Crippen molar-refractivity contribution in [1.82, 2.24) is 4.90 Å². The van der Waals surface area contributed by atoms with E-state index in [-0.39, 0.29) is 6.04 Å². The second-order valence-electron chi connectivity index (χ2n) is 3.72. The van der Waals surface area contributed by atoms with Crippen molar-refractivity contribution < 1.29 is 5.11 Å². The fourth-order valence-electron chi connectivity index (χ4n) is 1.88. The van der Waals surface area contributed by atoms with Crippen molar-refractivity contribution in [1.29, 1.82) is 5.26 Å². The SMILES string of the molecule is CCC(C#N)N1CCC(CO)CC1. The summed E-state index contributed by atoms with van der Waals surface area (Å²) < 4.78 is 0. The maximum atomic E-state index is 8.95. The quantitative estimate of drug-likeness (QED) is 0.708. The summed E-state index contributed by atoms with van der Waals surface area (Å²) >= 11 is 0. The molecule has 13 heavy (non-hydrogen) atoms. The minimum absolute atomic E-state index is 0.0830. The third-order valence-corrected chi connectivity index (χ3v) is 2.88. The van der Waals surface area contributed by atoms with Crippen molar-refractivity contribution in [3.05, 3.63) is 0 Å². The van der Waals surface area contributed by atoms with Crippen LogP contribution in [0.4, 0.5) is 0 Å². The molecule has 1 fully saturated rings. The Balaban J connectivity index is 2.36. The number of nitrogens with zero attached hydrogens (tertiary/aromatic N) is 2. The van der Waals surface area contributed by atoms with Gasteiger partial charge in [-0.2, -0.15) is 5.26 Å². The van der Waals surface area contributed by atoms with Crippen molar-refractivity contribution in [3.63, 3.8) is 0 Å². The summed E-state index contributed by atoms with van der Waals surface area (Å²) in [4.78, 5) is 2.23. The minimum atomic E-state index is 0.0830. The van der Waals surface area contributed by atoms with E-state index in [1.54, 1.807) is 0 Å². The van der Waals surface area contributed by atoms with Crippen molar-refractivity contribution in [2.24, 2.45) is 5.92 Å². The lowest BCUT2D eigenvalue weighted by Gasteiger charge is -2.33. The molecule has 0 aromatic heterocycles. The monoisotopic (exact) mass is 182 g/mol. The summed E-state index contributed by atoms with van der Waals surface area (Å²) in [5, 5.41) is 17.8. The molecule has 1 N–H and O–H groups in total. The highest BCUT2D eigenvalue weighted by molar-refractivity contribution is 4.92. The molecule has 3 heteroatoms. The van der Waals surface area contributed by atoms with E-state index >= 15 is 0 Å². The number of likely N-dealkylation sites (tertiary alicyclic amines) is 1. The summed E-state index contributed by atoms with van der Waals surface area (Å²) in [6, 6.07) is 2.40. The number of aliphatic hydroxyl groups excluding tert-OH is 1. The highest BCUT2D eigenvalue weighted by atomic mass is 16.3. The molecule has 1 aliphatic heterocycles. The Hall–Kier alpha value is -0.590. The Bertz CT molecular complexity index is 180. The summed E-state index contributed by atoms with van der Waals surface area (Å²) in [7, 11) is 0. The van der Waals surface area contributed by atoms with Gasteiger partial charge in [0.15, 0.2) is 0 Å². The Kier molecular flexibility index (Phi) is 4.20. The first kappa shape index (κ1) is 10.5. The summed E-state index contributed by atoms with van der Waals surface area (Å²) in [6.45, 7) is 4.29. The van der Waals surface area contributed by atoms with Crippen LogP contribution in [0.3, 0.4) is 0 Å². The van der Waals surface area contributed by atoms with E-state index in [0.29, 0.717) is 12.5 Å². The highest BCUT2D eigenvalue weighted by Crippen LogP contribution is 2.18. The molecule has 1 saturated heterocycles. The van der Waals surface area contributed by atoms with E-state index in [0.717, 1.165) is 32.4 Å². The van der Waals surface area contributed by atoms with E-state index < -0.39 is 0 Å². The van der Waals surface area contributed by atoms with Crippen molar-refractivity contribution >= 4 is 0 Å². The Morgan fingerprint density at radius 3 is 2.54 bits per heavy atom.